The standard InChI is InChI=1S/C49H72N4O7S2/c1-6-7-10-34-14-15-35-11-9-21-49(35)37-25-39(45(57)42(26-37)60-47(30-50-2)22-19-33(27-47)24-44(56)59-5)53-46(51-3)52-31-62-61-29-36-12-8-20-48(36,43(55)18-16-38(34)49)28-32-13-17-40(54)41(23-32)58-4/h13,16-18,23,25-26,33-36,38,44,50,54,56-57H,6-12,14-15,19-22,24,27-31H2,1-5H3,(H2,51,52,53). The highest BCUT2D eigenvalue weighted by Gasteiger charge is 2.55. The number of likely N-dealkylation sites (N-methyl/N-ethyl adjacent to an activating group) is 1. The Morgan fingerprint density at radius 3 is 2.60 bits per heavy atom. The van der Waals surface area contributed by atoms with E-state index in [1.54, 1.807) is 41.8 Å². The number of unbranched alkanes of at least 4 members (excludes halogenated alkanes) is 1. The maximum Gasteiger partial charge on any atom is 0.196 e. The molecule has 4 aliphatic carbocycles. The van der Waals surface area contributed by atoms with E-state index in [1.807, 2.05) is 25.3 Å². The van der Waals surface area contributed by atoms with Crippen LogP contribution in [0.5, 0.6) is 23.0 Å². The molecule has 0 aromatic heterocycles. The Morgan fingerprint density at radius 2 is 1.82 bits per heavy atom. The number of ether oxygens (including phenoxy) is 3. The molecule has 4 fully saturated rings. The Bertz CT molecular complexity index is 1920. The van der Waals surface area contributed by atoms with Crippen molar-refractivity contribution in [1.82, 2.24) is 10.6 Å². The number of carbonyl (C=O) groups excluding carboxylic acids is 1. The number of nitrogens with zero attached hydrogens (tertiary/aromatic N) is 1. The summed E-state index contributed by atoms with van der Waals surface area (Å²) in [5.41, 5.74) is 1.28. The van der Waals surface area contributed by atoms with Crippen molar-refractivity contribution in [2.75, 3.05) is 51.8 Å². The third-order valence-corrected chi connectivity index (χ3v) is 17.7. The van der Waals surface area contributed by atoms with Crippen molar-refractivity contribution in [3.05, 3.63) is 53.6 Å². The molecule has 62 heavy (non-hydrogen) atoms. The molecule has 2 aromatic rings. The molecule has 6 N–H and O–H groups in total. The minimum Gasteiger partial charge on any atom is -0.504 e. The number of aliphatic imine (C=N–C) groups is 1. The molecule has 342 valence electrons. The molecule has 2 bridgehead atoms. The van der Waals surface area contributed by atoms with Gasteiger partial charge in [-0.15, -0.1) is 0 Å². The van der Waals surface area contributed by atoms with Gasteiger partial charge in [-0.05, 0) is 149 Å². The number of carbonyl (C=O) groups is 1. The number of benzene rings is 2. The fourth-order valence-electron chi connectivity index (χ4n) is 12.5. The first kappa shape index (κ1) is 46.9. The van der Waals surface area contributed by atoms with Gasteiger partial charge in [-0.25, -0.2) is 0 Å². The Balaban J connectivity index is 1.36. The molecule has 0 amide bonds. The fraction of sp³-hybridized carbons (Fsp3) is 0.673. The number of aliphatic hydroxyl groups excluding tert-OH is 1. The zero-order valence-electron chi connectivity index (χ0n) is 37.7. The average Bonchev–Trinajstić information content (AvgIpc) is 4.01. The minimum atomic E-state index is -0.827. The van der Waals surface area contributed by atoms with Crippen molar-refractivity contribution in [3.8, 4) is 23.0 Å². The molecule has 0 radical (unpaired) electrons. The van der Waals surface area contributed by atoms with Crippen molar-refractivity contribution in [3.63, 3.8) is 0 Å². The number of fused-ring (bicyclic) bond motifs is 3. The molecule has 1 heterocycles. The number of allylic oxidation sites excluding steroid dienone is 2. The van der Waals surface area contributed by atoms with Gasteiger partial charge in [0.05, 0.1) is 18.7 Å². The van der Waals surface area contributed by atoms with Crippen LogP contribution in [-0.4, -0.2) is 85.4 Å². The van der Waals surface area contributed by atoms with Crippen LogP contribution < -0.4 is 25.4 Å². The molecular formula is C49H72N4O7S2. The first-order valence-corrected chi connectivity index (χ1v) is 25.7. The van der Waals surface area contributed by atoms with E-state index in [-0.39, 0.29) is 40.5 Å². The van der Waals surface area contributed by atoms with Crippen molar-refractivity contribution in [2.45, 2.75) is 127 Å². The molecule has 7 rings (SSSR count). The molecule has 2 aromatic carbocycles. The molecular weight excluding hydrogens is 821 g/mol. The summed E-state index contributed by atoms with van der Waals surface area (Å²) in [6.07, 6.45) is 18.7. The molecule has 1 spiro atoms. The highest BCUT2D eigenvalue weighted by Crippen LogP contribution is 2.61. The first-order valence-electron chi connectivity index (χ1n) is 23.3. The SMILES string of the molecule is CCCCC1CCC2CCCC23c2cc(c(O)c(OC4(CNC)CCC(CC(O)OC)C4)c2)NC(=NC)NCSSCC2CCCC2(Cc2ccc(O)c(OC)c2)C(=O)C=CC13. The number of aromatic hydroxyl groups is 2. The van der Waals surface area contributed by atoms with Crippen molar-refractivity contribution in [1.29, 1.82) is 0 Å². The van der Waals surface area contributed by atoms with Crippen LogP contribution in [0.4, 0.5) is 5.69 Å². The lowest BCUT2D eigenvalue weighted by atomic mass is 9.54. The van der Waals surface area contributed by atoms with E-state index in [2.05, 4.69) is 46.1 Å². The number of nitrogens with one attached hydrogen (secondary N) is 3. The first-order chi connectivity index (χ1) is 30.0. The predicted molar refractivity (Wildman–Crippen MR) is 252 cm³/mol. The smallest absolute Gasteiger partial charge is 0.196 e. The monoisotopic (exact) mass is 892 g/mol. The second kappa shape index (κ2) is 20.8. The quantitative estimate of drug-likeness (QED) is 0.0646. The van der Waals surface area contributed by atoms with E-state index in [0.29, 0.717) is 60.2 Å². The second-order valence-electron chi connectivity index (χ2n) is 18.9. The van der Waals surface area contributed by atoms with Gasteiger partial charge in [0.15, 0.2) is 41.0 Å². The molecule has 9 atom stereocenters. The van der Waals surface area contributed by atoms with Gasteiger partial charge in [0.25, 0.3) is 0 Å². The van der Waals surface area contributed by atoms with Gasteiger partial charge in [-0.3, -0.25) is 9.79 Å². The third-order valence-electron chi connectivity index (χ3n) is 15.5. The van der Waals surface area contributed by atoms with Crippen molar-refractivity contribution in [2.24, 2.45) is 40.0 Å². The van der Waals surface area contributed by atoms with E-state index in [9.17, 15) is 15.3 Å². The van der Waals surface area contributed by atoms with Crippen molar-refractivity contribution >= 4 is 39.0 Å². The zero-order chi connectivity index (χ0) is 43.9. The Labute approximate surface area is 377 Å². The lowest BCUT2D eigenvalue weighted by Crippen LogP contribution is -2.46. The fourth-order valence-corrected chi connectivity index (χ4v) is 14.7. The van der Waals surface area contributed by atoms with Gasteiger partial charge in [0, 0.05) is 43.7 Å². The average molecular weight is 893 g/mol. The van der Waals surface area contributed by atoms with E-state index >= 15 is 4.79 Å². The molecule has 13 heteroatoms. The number of hydrogen-bond acceptors (Lipinski definition) is 11. The van der Waals surface area contributed by atoms with E-state index in [4.69, 9.17) is 14.2 Å². The largest absolute Gasteiger partial charge is 0.504 e. The predicted octanol–water partition coefficient (Wildman–Crippen LogP) is 9.35. The Hall–Kier alpha value is -3.10. The number of hydrogen-bond donors (Lipinski definition) is 6. The highest BCUT2D eigenvalue weighted by molar-refractivity contribution is 8.76. The number of aliphatic hydroxyl groups is 1. The molecule has 9 unspecified atom stereocenters. The molecule has 4 saturated carbocycles. The summed E-state index contributed by atoms with van der Waals surface area (Å²) in [5.74, 6) is 4.56. The third kappa shape index (κ3) is 9.77. The van der Waals surface area contributed by atoms with Gasteiger partial charge < -0.3 is 45.5 Å². The van der Waals surface area contributed by atoms with Crippen LogP contribution in [0.2, 0.25) is 0 Å². The lowest BCUT2D eigenvalue weighted by Gasteiger charge is -2.50. The summed E-state index contributed by atoms with van der Waals surface area (Å²) < 4.78 is 17.9. The van der Waals surface area contributed by atoms with Crippen LogP contribution in [0.3, 0.4) is 0 Å². The number of guanidine groups is 1. The van der Waals surface area contributed by atoms with Gasteiger partial charge in [0.2, 0.25) is 0 Å². The van der Waals surface area contributed by atoms with Crippen LogP contribution in [0.15, 0.2) is 47.5 Å². The van der Waals surface area contributed by atoms with Crippen molar-refractivity contribution < 1.29 is 34.3 Å². The minimum absolute atomic E-state index is 0.0553. The van der Waals surface area contributed by atoms with E-state index in [1.165, 1.54) is 7.11 Å². The van der Waals surface area contributed by atoms with Gasteiger partial charge in [-0.2, -0.15) is 0 Å². The maximum atomic E-state index is 15.3. The number of methoxy groups -OCH3 is 2. The normalized spacial score (nSPS) is 32.6. The van der Waals surface area contributed by atoms with Gasteiger partial charge >= 0.3 is 0 Å². The summed E-state index contributed by atoms with van der Waals surface area (Å²) >= 11 is 0. The number of rotatable bonds is 13. The van der Waals surface area contributed by atoms with Gasteiger partial charge in [0.1, 0.15) is 5.60 Å². The molecule has 11 nitrogen and oxygen atoms in total. The second-order valence-corrected chi connectivity index (χ2v) is 21.4. The number of phenolic OH excluding ortho intramolecular Hbond substituents is 2. The Kier molecular flexibility index (Phi) is 15.7. The summed E-state index contributed by atoms with van der Waals surface area (Å²) in [5, 5.41) is 43.5. The summed E-state index contributed by atoms with van der Waals surface area (Å²) in [6.45, 7) is 2.86. The van der Waals surface area contributed by atoms with Crippen LogP contribution in [0.1, 0.15) is 114 Å². The molecule has 5 aliphatic rings. The van der Waals surface area contributed by atoms with Gasteiger partial charge in [-0.1, -0.05) is 66.3 Å². The topological polar surface area (TPSA) is 154 Å². The highest BCUT2D eigenvalue weighted by atomic mass is 33.1. The van der Waals surface area contributed by atoms with Crippen LogP contribution >= 0.6 is 21.6 Å². The van der Waals surface area contributed by atoms with E-state index in [0.717, 1.165) is 107 Å². The summed E-state index contributed by atoms with van der Waals surface area (Å²) in [4.78, 5) is 19.9. The van der Waals surface area contributed by atoms with Crippen LogP contribution in [-0.2, 0) is 21.4 Å². The van der Waals surface area contributed by atoms with Crippen LogP contribution in [0, 0.1) is 35.0 Å². The maximum absolute atomic E-state index is 15.3. The lowest BCUT2D eigenvalue weighted by molar-refractivity contribution is -0.125. The molecule has 0 saturated heterocycles. The summed E-state index contributed by atoms with van der Waals surface area (Å²) in [6, 6.07) is 9.84. The van der Waals surface area contributed by atoms with Crippen LogP contribution in [0.25, 0.3) is 0 Å². The number of anilines is 1. The Morgan fingerprint density at radius 1 is 1.00 bits per heavy atom. The van der Waals surface area contributed by atoms with E-state index < -0.39 is 17.3 Å². The summed E-state index contributed by atoms with van der Waals surface area (Å²) in [7, 11) is 10.3. The number of ketones is 1. The number of phenols is 2. The molecule has 1 aliphatic heterocycles. The zero-order valence-corrected chi connectivity index (χ0v) is 39.3.